The Morgan fingerprint density at radius 2 is 2.16 bits per heavy atom. The molecule has 0 spiro atoms. The van der Waals surface area contributed by atoms with Gasteiger partial charge < -0.3 is 4.90 Å². The van der Waals surface area contributed by atoms with Crippen LogP contribution in [0.25, 0.3) is 0 Å². The zero-order valence-electron chi connectivity index (χ0n) is 14.3. The van der Waals surface area contributed by atoms with Gasteiger partial charge in [-0.1, -0.05) is 23.7 Å². The van der Waals surface area contributed by atoms with Gasteiger partial charge in [0, 0.05) is 55.0 Å². The van der Waals surface area contributed by atoms with Gasteiger partial charge in [0.15, 0.2) is 5.78 Å². The fourth-order valence-electron chi connectivity index (χ4n) is 3.33. The van der Waals surface area contributed by atoms with Crippen LogP contribution in [0, 0.1) is 5.92 Å². The van der Waals surface area contributed by atoms with Crippen LogP contribution in [0.3, 0.4) is 0 Å². The van der Waals surface area contributed by atoms with E-state index in [1.165, 1.54) is 0 Å². The van der Waals surface area contributed by atoms with Gasteiger partial charge in [-0.05, 0) is 37.5 Å². The van der Waals surface area contributed by atoms with E-state index in [9.17, 15) is 9.59 Å². The van der Waals surface area contributed by atoms with Crippen LogP contribution < -0.4 is 0 Å². The summed E-state index contributed by atoms with van der Waals surface area (Å²) in [6.45, 7) is 1.22. The Morgan fingerprint density at radius 3 is 2.88 bits per heavy atom. The Morgan fingerprint density at radius 1 is 1.32 bits per heavy atom. The first-order valence-corrected chi connectivity index (χ1v) is 8.97. The van der Waals surface area contributed by atoms with Crippen LogP contribution in [0.2, 0.25) is 5.02 Å². The summed E-state index contributed by atoms with van der Waals surface area (Å²) in [5.74, 6) is 0.0318. The van der Waals surface area contributed by atoms with Crippen molar-refractivity contribution in [3.8, 4) is 0 Å². The van der Waals surface area contributed by atoms with E-state index in [0.29, 0.717) is 30.0 Å². The lowest BCUT2D eigenvalue weighted by molar-refractivity contribution is -0.132. The van der Waals surface area contributed by atoms with E-state index in [1.807, 2.05) is 18.0 Å². The second-order valence-electron chi connectivity index (χ2n) is 6.50. The minimum absolute atomic E-state index is 0.0756. The highest BCUT2D eigenvalue weighted by atomic mass is 35.5. The molecule has 1 aromatic heterocycles. The highest BCUT2D eigenvalue weighted by Crippen LogP contribution is 2.23. The van der Waals surface area contributed by atoms with Gasteiger partial charge in [0.05, 0.1) is 0 Å². The highest BCUT2D eigenvalue weighted by Gasteiger charge is 2.29. The van der Waals surface area contributed by atoms with E-state index in [0.717, 1.165) is 25.1 Å². The number of likely N-dealkylation sites (tertiary alicyclic amines) is 1. The van der Waals surface area contributed by atoms with Crippen molar-refractivity contribution in [3.05, 3.63) is 52.8 Å². The predicted molar refractivity (Wildman–Crippen MR) is 96.6 cm³/mol. The Hall–Kier alpha value is -2.14. The number of ketones is 1. The van der Waals surface area contributed by atoms with Gasteiger partial charge in [-0.2, -0.15) is 5.10 Å². The molecule has 2 heterocycles. The van der Waals surface area contributed by atoms with Gasteiger partial charge in [-0.25, -0.2) is 0 Å². The number of amides is 1. The largest absolute Gasteiger partial charge is 0.342 e. The number of carbonyl (C=O) groups is 2. The van der Waals surface area contributed by atoms with Crippen LogP contribution in [0.15, 0.2) is 36.5 Å². The summed E-state index contributed by atoms with van der Waals surface area (Å²) in [6, 6.07) is 8.96. The highest BCUT2D eigenvalue weighted by molar-refractivity contribution is 6.31. The second-order valence-corrected chi connectivity index (χ2v) is 6.94. The topological polar surface area (TPSA) is 55.2 Å². The molecule has 0 aliphatic carbocycles. The number of nitrogens with zero attached hydrogens (tertiary/aromatic N) is 3. The molecule has 0 bridgehead atoms. The van der Waals surface area contributed by atoms with E-state index >= 15 is 0 Å². The summed E-state index contributed by atoms with van der Waals surface area (Å²) in [7, 11) is 1.88. The number of carbonyl (C=O) groups excluding carboxylic acids is 2. The number of piperidine rings is 1. The molecule has 2 aromatic rings. The third kappa shape index (κ3) is 4.28. The van der Waals surface area contributed by atoms with E-state index < -0.39 is 0 Å². The molecular weight excluding hydrogens is 338 g/mol. The van der Waals surface area contributed by atoms with E-state index in [1.54, 1.807) is 35.1 Å². The van der Waals surface area contributed by atoms with Crippen LogP contribution in [0.5, 0.6) is 0 Å². The van der Waals surface area contributed by atoms with Gasteiger partial charge in [-0.3, -0.25) is 14.3 Å². The van der Waals surface area contributed by atoms with Crippen LogP contribution in [0.4, 0.5) is 0 Å². The molecule has 1 atom stereocenters. The summed E-state index contributed by atoms with van der Waals surface area (Å²) in [5, 5.41) is 4.68. The molecule has 3 rings (SSSR count). The van der Waals surface area contributed by atoms with Gasteiger partial charge >= 0.3 is 0 Å². The number of rotatable bonds is 5. The Kier molecular flexibility index (Phi) is 5.53. The third-order valence-electron chi connectivity index (χ3n) is 4.77. The van der Waals surface area contributed by atoms with Crippen molar-refractivity contribution < 1.29 is 9.59 Å². The number of benzene rings is 1. The minimum atomic E-state index is -0.145. The molecule has 132 valence electrons. The maximum absolute atomic E-state index is 12.7. The van der Waals surface area contributed by atoms with Crippen molar-refractivity contribution in [2.45, 2.75) is 25.7 Å². The molecule has 0 saturated carbocycles. The molecule has 1 aromatic carbocycles. The van der Waals surface area contributed by atoms with Crippen molar-refractivity contribution in [1.82, 2.24) is 14.7 Å². The standard InChI is InChI=1S/C19H22ClN3O2/c1-22-17(9-10-21-22)7-8-18(24)23-11-3-5-15(13-23)19(25)14-4-2-6-16(20)12-14/h2,4,6,9-10,12,15H,3,5,7-8,11,13H2,1H3/t15-/m0/s1. The first-order chi connectivity index (χ1) is 12.0. The van der Waals surface area contributed by atoms with Crippen LogP contribution in [-0.4, -0.2) is 39.5 Å². The summed E-state index contributed by atoms with van der Waals surface area (Å²) < 4.78 is 1.79. The monoisotopic (exact) mass is 359 g/mol. The van der Waals surface area contributed by atoms with Gasteiger partial charge in [0.1, 0.15) is 0 Å². The SMILES string of the molecule is Cn1nccc1CCC(=O)N1CCC[C@H](C(=O)c2cccc(Cl)c2)C1. The van der Waals surface area contributed by atoms with Gasteiger partial charge in [-0.15, -0.1) is 0 Å². The van der Waals surface area contributed by atoms with Gasteiger partial charge in [0.2, 0.25) is 5.91 Å². The fourth-order valence-corrected chi connectivity index (χ4v) is 3.53. The lowest BCUT2D eigenvalue weighted by Crippen LogP contribution is -2.42. The van der Waals surface area contributed by atoms with Crippen molar-refractivity contribution in [3.63, 3.8) is 0 Å². The first-order valence-electron chi connectivity index (χ1n) is 8.59. The summed E-state index contributed by atoms with van der Waals surface area (Å²) in [6.07, 6.45) is 4.52. The molecule has 5 nitrogen and oxygen atoms in total. The molecule has 1 fully saturated rings. The molecule has 0 N–H and O–H groups in total. The number of Topliss-reactive ketones (excluding diaryl/α,β-unsaturated/α-hetero) is 1. The summed E-state index contributed by atoms with van der Waals surface area (Å²) >= 11 is 5.99. The molecule has 1 aliphatic heterocycles. The summed E-state index contributed by atoms with van der Waals surface area (Å²) in [5.41, 5.74) is 1.67. The molecule has 1 aliphatic rings. The molecular formula is C19H22ClN3O2. The number of aryl methyl sites for hydroxylation is 2. The number of halogens is 1. The van der Waals surface area contributed by atoms with Crippen LogP contribution in [-0.2, 0) is 18.3 Å². The summed E-state index contributed by atoms with van der Waals surface area (Å²) in [4.78, 5) is 27.1. The fraction of sp³-hybridized carbons (Fsp3) is 0.421. The van der Waals surface area contributed by atoms with Crippen molar-refractivity contribution in [2.24, 2.45) is 13.0 Å². The first kappa shape index (κ1) is 17.7. The number of aromatic nitrogens is 2. The smallest absolute Gasteiger partial charge is 0.222 e. The van der Waals surface area contributed by atoms with E-state index in [-0.39, 0.29) is 17.6 Å². The normalized spacial score (nSPS) is 17.5. The molecule has 6 heteroatoms. The lowest BCUT2D eigenvalue weighted by Gasteiger charge is -2.32. The zero-order valence-corrected chi connectivity index (χ0v) is 15.1. The Balaban J connectivity index is 1.59. The zero-order chi connectivity index (χ0) is 17.8. The van der Waals surface area contributed by atoms with Crippen molar-refractivity contribution in [1.29, 1.82) is 0 Å². The Bertz CT molecular complexity index is 772. The lowest BCUT2D eigenvalue weighted by atomic mass is 9.90. The minimum Gasteiger partial charge on any atom is -0.342 e. The molecule has 25 heavy (non-hydrogen) atoms. The Labute approximate surface area is 152 Å². The molecule has 1 amide bonds. The van der Waals surface area contributed by atoms with Crippen LogP contribution >= 0.6 is 11.6 Å². The maximum Gasteiger partial charge on any atom is 0.222 e. The van der Waals surface area contributed by atoms with Crippen molar-refractivity contribution >= 4 is 23.3 Å². The number of hydrogen-bond donors (Lipinski definition) is 0. The van der Waals surface area contributed by atoms with E-state index in [4.69, 9.17) is 11.6 Å². The van der Waals surface area contributed by atoms with Crippen molar-refractivity contribution in [2.75, 3.05) is 13.1 Å². The van der Waals surface area contributed by atoms with Crippen LogP contribution in [0.1, 0.15) is 35.3 Å². The average Bonchev–Trinajstić information content (AvgIpc) is 3.04. The molecule has 0 radical (unpaired) electrons. The molecule has 1 saturated heterocycles. The second kappa shape index (κ2) is 7.83. The maximum atomic E-state index is 12.7. The quantitative estimate of drug-likeness (QED) is 0.771. The average molecular weight is 360 g/mol. The predicted octanol–water partition coefficient (Wildman–Crippen LogP) is 3.13. The third-order valence-corrected chi connectivity index (χ3v) is 5.01. The van der Waals surface area contributed by atoms with Gasteiger partial charge in [0.25, 0.3) is 0 Å². The number of hydrogen-bond acceptors (Lipinski definition) is 3. The molecule has 0 unspecified atom stereocenters. The van der Waals surface area contributed by atoms with E-state index in [2.05, 4.69) is 5.10 Å².